The maximum atomic E-state index is 12.7. The van der Waals surface area contributed by atoms with Crippen LogP contribution in [0, 0.1) is 16.7 Å². The van der Waals surface area contributed by atoms with Crippen LogP contribution in [0.2, 0.25) is 0 Å². The first-order valence-electron chi connectivity index (χ1n) is 7.76. The van der Waals surface area contributed by atoms with E-state index in [-0.39, 0.29) is 11.6 Å². The van der Waals surface area contributed by atoms with Crippen LogP contribution >= 0.6 is 0 Å². The van der Waals surface area contributed by atoms with Crippen molar-refractivity contribution < 1.29 is 4.79 Å². The fourth-order valence-electron chi connectivity index (χ4n) is 3.02. The molecule has 2 aromatic carbocycles. The number of nitriles is 1. The third-order valence-electron chi connectivity index (χ3n) is 4.20. The van der Waals surface area contributed by atoms with Gasteiger partial charge in [0, 0.05) is 12.1 Å². The van der Waals surface area contributed by atoms with Crippen molar-refractivity contribution in [1.82, 2.24) is 0 Å². The molecule has 1 N–H and O–H groups in total. The first kappa shape index (κ1) is 15.7. The number of carbonyl (C=O) groups excluding carboxylic acids is 1. The van der Waals surface area contributed by atoms with Crippen LogP contribution in [0.3, 0.4) is 0 Å². The number of benzene rings is 2. The van der Waals surface area contributed by atoms with Gasteiger partial charge in [-0.25, -0.2) is 0 Å². The Labute approximate surface area is 141 Å². The Morgan fingerprint density at radius 3 is 2.75 bits per heavy atom. The molecule has 0 radical (unpaired) electrons. The molecule has 0 aliphatic carbocycles. The number of carbonyl (C=O) groups is 1. The Bertz CT molecular complexity index is 862. The summed E-state index contributed by atoms with van der Waals surface area (Å²) in [7, 11) is 0. The molecule has 0 bridgehead atoms. The van der Waals surface area contributed by atoms with Crippen molar-refractivity contribution in [2.24, 2.45) is 0 Å². The lowest BCUT2D eigenvalue weighted by atomic mass is 10.00. The van der Waals surface area contributed by atoms with E-state index in [2.05, 4.69) is 12.6 Å². The molecule has 0 spiro atoms. The fourth-order valence-corrected chi connectivity index (χ4v) is 3.02. The predicted octanol–water partition coefficient (Wildman–Crippen LogP) is 3.24. The fraction of sp³-hybridized carbons (Fsp3) is 0.150. The highest BCUT2D eigenvalue weighted by Crippen LogP contribution is 2.33. The van der Waals surface area contributed by atoms with Crippen LogP contribution in [0.15, 0.2) is 55.1 Å². The highest BCUT2D eigenvalue weighted by molar-refractivity contribution is 6.07. The molecule has 4 heteroatoms. The minimum atomic E-state index is -0.0111. The smallest absolute Gasteiger partial charge is 0.231 e. The second kappa shape index (κ2) is 6.51. The summed E-state index contributed by atoms with van der Waals surface area (Å²) in [6.45, 7) is 4.17. The standard InChI is InChI=1S/C20H17N3O/c1-2-18(22)16-11-15-8-9-23(20(15)17(12-16)13-21)19(24)10-14-6-4-3-5-7-14/h2-7,11-12,22H,1,8-10H2. The summed E-state index contributed by atoms with van der Waals surface area (Å²) in [6, 6.07) is 15.3. The second-order valence-corrected chi connectivity index (χ2v) is 5.72. The Morgan fingerprint density at radius 1 is 1.33 bits per heavy atom. The van der Waals surface area contributed by atoms with Crippen molar-refractivity contribution in [1.29, 1.82) is 10.7 Å². The Kier molecular flexibility index (Phi) is 4.26. The predicted molar refractivity (Wildman–Crippen MR) is 94.4 cm³/mol. The van der Waals surface area contributed by atoms with Crippen molar-refractivity contribution in [3.05, 3.63) is 77.4 Å². The normalized spacial score (nSPS) is 12.4. The van der Waals surface area contributed by atoms with E-state index in [1.165, 1.54) is 6.08 Å². The molecule has 1 aliphatic rings. The van der Waals surface area contributed by atoms with Crippen molar-refractivity contribution in [3.8, 4) is 6.07 Å². The van der Waals surface area contributed by atoms with Crippen LogP contribution in [0.25, 0.3) is 0 Å². The van der Waals surface area contributed by atoms with E-state index in [9.17, 15) is 10.1 Å². The minimum absolute atomic E-state index is 0.0111. The molecular formula is C20H17N3O. The Balaban J connectivity index is 1.94. The zero-order valence-corrected chi connectivity index (χ0v) is 13.2. The number of hydrogen-bond donors (Lipinski definition) is 1. The summed E-state index contributed by atoms with van der Waals surface area (Å²) in [5.41, 5.74) is 3.98. The molecular weight excluding hydrogens is 298 g/mol. The first-order valence-corrected chi connectivity index (χ1v) is 7.76. The summed E-state index contributed by atoms with van der Waals surface area (Å²) in [5.74, 6) is -0.0111. The zero-order valence-electron chi connectivity index (χ0n) is 13.2. The van der Waals surface area contributed by atoms with E-state index < -0.39 is 0 Å². The number of rotatable bonds is 4. The molecule has 3 rings (SSSR count). The quantitative estimate of drug-likeness (QED) is 0.880. The monoisotopic (exact) mass is 315 g/mol. The highest BCUT2D eigenvalue weighted by atomic mass is 16.2. The van der Waals surface area contributed by atoms with Crippen LogP contribution in [0.1, 0.15) is 22.3 Å². The summed E-state index contributed by atoms with van der Waals surface area (Å²) >= 11 is 0. The van der Waals surface area contributed by atoms with Gasteiger partial charge in [-0.2, -0.15) is 5.26 Å². The van der Waals surface area contributed by atoms with E-state index >= 15 is 0 Å². The van der Waals surface area contributed by atoms with Crippen LogP contribution in [0.5, 0.6) is 0 Å². The summed E-state index contributed by atoms with van der Waals surface area (Å²) in [6.07, 6.45) is 2.47. The van der Waals surface area contributed by atoms with Crippen LogP contribution in [-0.4, -0.2) is 18.2 Å². The maximum Gasteiger partial charge on any atom is 0.231 e. The molecule has 4 nitrogen and oxygen atoms in total. The molecule has 2 aromatic rings. The number of allylic oxidation sites excluding steroid dienone is 1. The Morgan fingerprint density at radius 2 is 2.08 bits per heavy atom. The van der Waals surface area contributed by atoms with Gasteiger partial charge in [-0.1, -0.05) is 36.9 Å². The van der Waals surface area contributed by atoms with Crippen LogP contribution in [-0.2, 0) is 17.6 Å². The van der Waals surface area contributed by atoms with Gasteiger partial charge in [0.2, 0.25) is 5.91 Å². The number of amides is 1. The van der Waals surface area contributed by atoms with Gasteiger partial charge < -0.3 is 10.3 Å². The molecule has 0 aromatic heterocycles. The van der Waals surface area contributed by atoms with Gasteiger partial charge in [0.15, 0.2) is 0 Å². The molecule has 1 heterocycles. The van der Waals surface area contributed by atoms with Gasteiger partial charge >= 0.3 is 0 Å². The van der Waals surface area contributed by atoms with Gasteiger partial charge in [0.25, 0.3) is 0 Å². The lowest BCUT2D eigenvalue weighted by Crippen LogP contribution is -2.30. The number of anilines is 1. The van der Waals surface area contributed by atoms with Gasteiger partial charge in [-0.05, 0) is 35.8 Å². The van der Waals surface area contributed by atoms with Crippen molar-refractivity contribution in [2.45, 2.75) is 12.8 Å². The average molecular weight is 315 g/mol. The van der Waals surface area contributed by atoms with E-state index in [0.29, 0.717) is 36.2 Å². The van der Waals surface area contributed by atoms with Crippen molar-refractivity contribution in [3.63, 3.8) is 0 Å². The van der Waals surface area contributed by atoms with Gasteiger partial charge in [0.05, 0.1) is 23.4 Å². The molecule has 0 saturated carbocycles. The largest absolute Gasteiger partial charge is 0.310 e. The molecule has 0 unspecified atom stereocenters. The second-order valence-electron chi connectivity index (χ2n) is 5.72. The first-order chi connectivity index (χ1) is 11.6. The number of nitrogens with zero attached hydrogens (tertiary/aromatic N) is 2. The number of fused-ring (bicyclic) bond motifs is 1. The maximum absolute atomic E-state index is 12.7. The number of hydrogen-bond acceptors (Lipinski definition) is 3. The van der Waals surface area contributed by atoms with Crippen molar-refractivity contribution in [2.75, 3.05) is 11.4 Å². The van der Waals surface area contributed by atoms with E-state index in [0.717, 1.165) is 11.1 Å². The highest BCUT2D eigenvalue weighted by Gasteiger charge is 2.28. The third kappa shape index (κ3) is 2.84. The molecule has 1 aliphatic heterocycles. The van der Waals surface area contributed by atoms with Gasteiger partial charge in [-0.15, -0.1) is 0 Å². The van der Waals surface area contributed by atoms with E-state index in [1.54, 1.807) is 11.0 Å². The Hall–Kier alpha value is -3.19. The van der Waals surface area contributed by atoms with Gasteiger partial charge in [-0.3, -0.25) is 4.79 Å². The summed E-state index contributed by atoms with van der Waals surface area (Å²) < 4.78 is 0. The van der Waals surface area contributed by atoms with Gasteiger partial charge in [0.1, 0.15) is 6.07 Å². The topological polar surface area (TPSA) is 68.0 Å². The van der Waals surface area contributed by atoms with Crippen LogP contribution in [0.4, 0.5) is 5.69 Å². The minimum Gasteiger partial charge on any atom is -0.310 e. The lowest BCUT2D eigenvalue weighted by molar-refractivity contribution is -0.117. The summed E-state index contributed by atoms with van der Waals surface area (Å²) in [5, 5.41) is 17.4. The van der Waals surface area contributed by atoms with E-state index in [4.69, 9.17) is 5.41 Å². The summed E-state index contributed by atoms with van der Waals surface area (Å²) in [4.78, 5) is 14.4. The molecule has 0 saturated heterocycles. The molecule has 24 heavy (non-hydrogen) atoms. The SMILES string of the molecule is C=CC(=N)c1cc(C#N)c2c(c1)CCN2C(=O)Cc1ccccc1. The average Bonchev–Trinajstić information content (AvgIpc) is 3.05. The lowest BCUT2D eigenvalue weighted by Gasteiger charge is -2.19. The molecule has 118 valence electrons. The molecule has 1 amide bonds. The van der Waals surface area contributed by atoms with Crippen LogP contribution < -0.4 is 4.90 Å². The molecule has 0 atom stereocenters. The third-order valence-corrected chi connectivity index (χ3v) is 4.20. The molecule has 0 fully saturated rings. The van der Waals surface area contributed by atoms with E-state index in [1.807, 2.05) is 36.4 Å². The van der Waals surface area contributed by atoms with Crippen molar-refractivity contribution >= 4 is 17.3 Å². The zero-order chi connectivity index (χ0) is 17.1. The number of nitrogens with one attached hydrogen (secondary N) is 1.